The fourth-order valence-corrected chi connectivity index (χ4v) is 3.54. The normalized spacial score (nSPS) is 16.0. The topological polar surface area (TPSA) is 45.3 Å². The SMILES string of the molecule is Cc1ccc(CN2CCC(Oc3ccc4[nH]c(=O)ccc4c3)CC2)cc1. The highest BCUT2D eigenvalue weighted by Crippen LogP contribution is 2.23. The van der Waals surface area contributed by atoms with Gasteiger partial charge < -0.3 is 9.72 Å². The first-order chi connectivity index (χ1) is 12.7. The first-order valence-electron chi connectivity index (χ1n) is 9.23. The van der Waals surface area contributed by atoms with Crippen molar-refractivity contribution in [3.05, 3.63) is 76.1 Å². The Hall–Kier alpha value is -2.59. The van der Waals surface area contributed by atoms with E-state index in [9.17, 15) is 4.79 Å². The van der Waals surface area contributed by atoms with Crippen LogP contribution in [-0.2, 0) is 6.54 Å². The van der Waals surface area contributed by atoms with Crippen molar-refractivity contribution in [1.29, 1.82) is 0 Å². The molecule has 0 spiro atoms. The van der Waals surface area contributed by atoms with E-state index in [4.69, 9.17) is 4.74 Å². The summed E-state index contributed by atoms with van der Waals surface area (Å²) in [6, 6.07) is 18.0. The molecule has 1 saturated heterocycles. The Morgan fingerprint density at radius 2 is 1.81 bits per heavy atom. The van der Waals surface area contributed by atoms with Crippen molar-refractivity contribution in [1.82, 2.24) is 9.88 Å². The van der Waals surface area contributed by atoms with E-state index < -0.39 is 0 Å². The molecular weight excluding hydrogens is 324 g/mol. The molecule has 0 bridgehead atoms. The molecule has 26 heavy (non-hydrogen) atoms. The van der Waals surface area contributed by atoms with Crippen LogP contribution in [0.4, 0.5) is 0 Å². The van der Waals surface area contributed by atoms with Gasteiger partial charge in [0.05, 0.1) is 0 Å². The van der Waals surface area contributed by atoms with Gasteiger partial charge in [0, 0.05) is 36.6 Å². The van der Waals surface area contributed by atoms with Crippen LogP contribution in [0.3, 0.4) is 0 Å². The van der Waals surface area contributed by atoms with E-state index in [1.165, 1.54) is 11.1 Å². The molecule has 134 valence electrons. The summed E-state index contributed by atoms with van der Waals surface area (Å²) < 4.78 is 6.19. The van der Waals surface area contributed by atoms with Gasteiger partial charge in [-0.25, -0.2) is 0 Å². The van der Waals surface area contributed by atoms with Gasteiger partial charge in [-0.1, -0.05) is 29.8 Å². The molecule has 0 amide bonds. The maximum Gasteiger partial charge on any atom is 0.248 e. The second-order valence-electron chi connectivity index (χ2n) is 7.15. The largest absolute Gasteiger partial charge is 0.490 e. The summed E-state index contributed by atoms with van der Waals surface area (Å²) in [5.41, 5.74) is 3.45. The zero-order valence-electron chi connectivity index (χ0n) is 15.1. The van der Waals surface area contributed by atoms with Gasteiger partial charge in [0.25, 0.3) is 0 Å². The van der Waals surface area contributed by atoms with Crippen LogP contribution in [0, 0.1) is 6.92 Å². The fraction of sp³-hybridized carbons (Fsp3) is 0.318. The summed E-state index contributed by atoms with van der Waals surface area (Å²) in [7, 11) is 0. The number of H-pyrrole nitrogens is 1. The third-order valence-corrected chi connectivity index (χ3v) is 5.06. The lowest BCUT2D eigenvalue weighted by atomic mass is 10.1. The Morgan fingerprint density at radius 3 is 2.58 bits per heavy atom. The monoisotopic (exact) mass is 348 g/mol. The van der Waals surface area contributed by atoms with Gasteiger partial charge in [-0.05, 0) is 49.6 Å². The number of pyridine rings is 1. The third kappa shape index (κ3) is 3.97. The van der Waals surface area contributed by atoms with Crippen molar-refractivity contribution in [2.24, 2.45) is 0 Å². The van der Waals surface area contributed by atoms with Crippen LogP contribution in [0.2, 0.25) is 0 Å². The standard InChI is InChI=1S/C22H24N2O2/c1-16-2-4-17(5-3-16)15-24-12-10-19(11-13-24)26-20-7-8-21-18(14-20)6-9-22(25)23-21/h2-9,14,19H,10-13,15H2,1H3,(H,23,25). The molecule has 0 saturated carbocycles. The van der Waals surface area contributed by atoms with Crippen molar-refractivity contribution in [2.75, 3.05) is 13.1 Å². The van der Waals surface area contributed by atoms with Gasteiger partial charge in [0.2, 0.25) is 5.56 Å². The zero-order valence-corrected chi connectivity index (χ0v) is 15.1. The zero-order chi connectivity index (χ0) is 17.9. The number of aromatic amines is 1. The minimum atomic E-state index is -0.0767. The second-order valence-corrected chi connectivity index (χ2v) is 7.15. The highest BCUT2D eigenvalue weighted by Gasteiger charge is 2.20. The highest BCUT2D eigenvalue weighted by molar-refractivity contribution is 5.79. The average Bonchev–Trinajstić information content (AvgIpc) is 2.65. The second kappa shape index (κ2) is 7.34. The van der Waals surface area contributed by atoms with E-state index in [2.05, 4.69) is 41.1 Å². The van der Waals surface area contributed by atoms with Crippen LogP contribution < -0.4 is 10.3 Å². The van der Waals surface area contributed by atoms with Gasteiger partial charge >= 0.3 is 0 Å². The maximum atomic E-state index is 11.4. The highest BCUT2D eigenvalue weighted by atomic mass is 16.5. The van der Waals surface area contributed by atoms with Gasteiger partial charge in [0.15, 0.2) is 0 Å². The molecule has 1 fully saturated rings. The molecule has 1 N–H and O–H groups in total. The molecule has 0 atom stereocenters. The fourth-order valence-electron chi connectivity index (χ4n) is 3.54. The molecule has 1 aliphatic rings. The first kappa shape index (κ1) is 16.9. The molecule has 2 heterocycles. The van der Waals surface area contributed by atoms with Crippen LogP contribution in [0.5, 0.6) is 5.75 Å². The van der Waals surface area contributed by atoms with E-state index in [0.29, 0.717) is 0 Å². The first-order valence-corrected chi connectivity index (χ1v) is 9.23. The van der Waals surface area contributed by atoms with E-state index in [1.54, 1.807) is 6.07 Å². The van der Waals surface area contributed by atoms with Gasteiger partial charge in [-0.3, -0.25) is 9.69 Å². The molecule has 3 aromatic rings. The minimum Gasteiger partial charge on any atom is -0.490 e. The number of nitrogens with zero attached hydrogens (tertiary/aromatic N) is 1. The summed E-state index contributed by atoms with van der Waals surface area (Å²) >= 11 is 0. The molecule has 0 radical (unpaired) electrons. The van der Waals surface area contributed by atoms with Crippen molar-refractivity contribution >= 4 is 10.9 Å². The number of benzene rings is 2. The number of aromatic nitrogens is 1. The van der Waals surface area contributed by atoms with Crippen LogP contribution >= 0.6 is 0 Å². The molecule has 4 nitrogen and oxygen atoms in total. The summed E-state index contributed by atoms with van der Waals surface area (Å²) in [5, 5.41) is 0.999. The molecule has 2 aromatic carbocycles. The van der Waals surface area contributed by atoms with Crippen LogP contribution in [-0.4, -0.2) is 29.1 Å². The molecule has 0 unspecified atom stereocenters. The average molecular weight is 348 g/mol. The number of hydrogen-bond acceptors (Lipinski definition) is 3. The predicted molar refractivity (Wildman–Crippen MR) is 105 cm³/mol. The number of ether oxygens (including phenoxy) is 1. The van der Waals surface area contributed by atoms with Crippen LogP contribution in [0.1, 0.15) is 24.0 Å². The lowest BCUT2D eigenvalue weighted by Gasteiger charge is -2.32. The Bertz CT molecular complexity index is 938. The van der Waals surface area contributed by atoms with Crippen molar-refractivity contribution in [3.63, 3.8) is 0 Å². The summed E-state index contributed by atoms with van der Waals surface area (Å²) in [5.74, 6) is 0.876. The molecule has 4 rings (SSSR count). The number of likely N-dealkylation sites (tertiary alicyclic amines) is 1. The number of rotatable bonds is 4. The Kier molecular flexibility index (Phi) is 4.76. The van der Waals surface area contributed by atoms with E-state index in [0.717, 1.165) is 49.1 Å². The van der Waals surface area contributed by atoms with Crippen LogP contribution in [0.25, 0.3) is 10.9 Å². The van der Waals surface area contributed by atoms with E-state index in [-0.39, 0.29) is 11.7 Å². The third-order valence-electron chi connectivity index (χ3n) is 5.06. The Balaban J connectivity index is 1.34. The minimum absolute atomic E-state index is 0.0767. The summed E-state index contributed by atoms with van der Waals surface area (Å²) in [6.45, 7) is 5.24. The maximum absolute atomic E-state index is 11.4. The van der Waals surface area contributed by atoms with Crippen molar-refractivity contribution in [2.45, 2.75) is 32.4 Å². The lowest BCUT2D eigenvalue weighted by Crippen LogP contribution is -2.37. The number of nitrogens with one attached hydrogen (secondary N) is 1. The van der Waals surface area contributed by atoms with Crippen LogP contribution in [0.15, 0.2) is 59.4 Å². The Morgan fingerprint density at radius 1 is 1.04 bits per heavy atom. The number of hydrogen-bond donors (Lipinski definition) is 1. The van der Waals surface area contributed by atoms with Crippen molar-refractivity contribution in [3.8, 4) is 5.75 Å². The quantitative estimate of drug-likeness (QED) is 0.778. The smallest absolute Gasteiger partial charge is 0.248 e. The molecule has 4 heteroatoms. The molecule has 1 aromatic heterocycles. The molecule has 1 aliphatic heterocycles. The number of fused-ring (bicyclic) bond motifs is 1. The summed E-state index contributed by atoms with van der Waals surface area (Å²) in [4.78, 5) is 16.7. The molecule has 0 aliphatic carbocycles. The lowest BCUT2D eigenvalue weighted by molar-refractivity contribution is 0.0969. The van der Waals surface area contributed by atoms with Gasteiger partial charge in [0.1, 0.15) is 11.9 Å². The van der Waals surface area contributed by atoms with E-state index in [1.807, 2.05) is 24.3 Å². The number of piperidine rings is 1. The summed E-state index contributed by atoms with van der Waals surface area (Å²) in [6.07, 6.45) is 2.33. The van der Waals surface area contributed by atoms with Gasteiger partial charge in [-0.15, -0.1) is 0 Å². The molecular formula is C22H24N2O2. The number of aryl methyl sites for hydroxylation is 1. The predicted octanol–water partition coefficient (Wildman–Crippen LogP) is 3.88. The van der Waals surface area contributed by atoms with Crippen molar-refractivity contribution < 1.29 is 4.74 Å². The van der Waals surface area contributed by atoms with E-state index >= 15 is 0 Å². The van der Waals surface area contributed by atoms with Gasteiger partial charge in [-0.2, -0.15) is 0 Å². The Labute approximate surface area is 153 Å².